The van der Waals surface area contributed by atoms with E-state index < -0.39 is 11.7 Å². The fourth-order valence-corrected chi connectivity index (χ4v) is 1.84. The number of halogens is 1. The van der Waals surface area contributed by atoms with Crippen molar-refractivity contribution in [2.45, 2.75) is 39.4 Å². The predicted molar refractivity (Wildman–Crippen MR) is 77.7 cm³/mol. The van der Waals surface area contributed by atoms with Gasteiger partial charge in [-0.3, -0.25) is 10.2 Å². The third-order valence-corrected chi connectivity index (χ3v) is 2.79. The maximum atomic E-state index is 11.8. The van der Waals surface area contributed by atoms with Gasteiger partial charge in [-0.1, -0.05) is 22.0 Å². The van der Waals surface area contributed by atoms with Crippen molar-refractivity contribution >= 4 is 27.7 Å². The van der Waals surface area contributed by atoms with Crippen LogP contribution >= 0.6 is 15.9 Å². The van der Waals surface area contributed by atoms with Gasteiger partial charge >= 0.3 is 6.09 Å². The number of carbonyl (C=O) groups excluding carboxylic acids is 1. The van der Waals surface area contributed by atoms with E-state index >= 15 is 0 Å². The number of carbonyl (C=O) groups is 1. The van der Waals surface area contributed by atoms with Crippen LogP contribution in [0.4, 0.5) is 10.5 Å². The second-order valence-corrected chi connectivity index (χ2v) is 6.05. The van der Waals surface area contributed by atoms with Crippen molar-refractivity contribution in [3.63, 3.8) is 0 Å². The molecule has 1 atom stereocenters. The van der Waals surface area contributed by atoms with Crippen LogP contribution in [0.25, 0.3) is 0 Å². The maximum Gasteiger partial charge on any atom is 0.412 e. The lowest BCUT2D eigenvalue weighted by Gasteiger charge is -2.21. The van der Waals surface area contributed by atoms with Gasteiger partial charge < -0.3 is 4.74 Å². The van der Waals surface area contributed by atoms with Gasteiger partial charge in [-0.2, -0.15) is 0 Å². The van der Waals surface area contributed by atoms with Gasteiger partial charge in [0, 0.05) is 10.0 Å². The van der Waals surface area contributed by atoms with Gasteiger partial charge in [-0.05, 0) is 39.8 Å². The van der Waals surface area contributed by atoms with Gasteiger partial charge in [0.2, 0.25) is 0 Å². The summed E-state index contributed by atoms with van der Waals surface area (Å²) in [6.45, 7) is 7.21. The monoisotopic (exact) mass is 330 g/mol. The molecule has 1 aromatic rings. The number of nitrogens with one attached hydrogen (secondary N) is 1. The molecule has 0 bridgehead atoms. The number of benzene rings is 1. The highest BCUT2D eigenvalue weighted by Gasteiger charge is 2.18. The molecule has 1 aromatic carbocycles. The summed E-state index contributed by atoms with van der Waals surface area (Å²) < 4.78 is 6.05. The number of ether oxygens (including phenoxy) is 1. The van der Waals surface area contributed by atoms with E-state index in [1.165, 1.54) is 0 Å². The summed E-state index contributed by atoms with van der Waals surface area (Å²) in [5.74, 6) is 5.19. The zero-order valence-corrected chi connectivity index (χ0v) is 13.1. The van der Waals surface area contributed by atoms with Gasteiger partial charge in [-0.15, -0.1) is 0 Å². The second-order valence-electron chi connectivity index (χ2n) is 5.14. The topological polar surface area (TPSA) is 73.6 Å². The highest BCUT2D eigenvalue weighted by molar-refractivity contribution is 9.10. The summed E-state index contributed by atoms with van der Waals surface area (Å²) in [5, 5.41) is 2.70. The van der Waals surface area contributed by atoms with E-state index in [1.807, 2.05) is 12.1 Å². The van der Waals surface area contributed by atoms with E-state index in [1.54, 1.807) is 33.8 Å². The molecule has 0 saturated heterocycles. The first-order valence-corrected chi connectivity index (χ1v) is 6.67. The van der Waals surface area contributed by atoms with E-state index in [-0.39, 0.29) is 6.10 Å². The van der Waals surface area contributed by atoms with Crippen molar-refractivity contribution in [1.82, 2.24) is 0 Å². The summed E-state index contributed by atoms with van der Waals surface area (Å²) in [4.78, 5) is 16.6. The lowest BCUT2D eigenvalue weighted by Crippen LogP contribution is -2.27. The van der Waals surface area contributed by atoms with Crippen molar-refractivity contribution in [2.24, 2.45) is 5.90 Å². The Bertz CT molecular complexity index is 458. The minimum absolute atomic E-state index is 0.335. The predicted octanol–water partition coefficient (Wildman–Crippen LogP) is 3.75. The Hall–Kier alpha value is -1.11. The first-order valence-electron chi connectivity index (χ1n) is 5.88. The van der Waals surface area contributed by atoms with Crippen LogP contribution in [0.5, 0.6) is 0 Å². The molecule has 0 spiro atoms. The molecule has 19 heavy (non-hydrogen) atoms. The van der Waals surface area contributed by atoms with Crippen molar-refractivity contribution in [1.29, 1.82) is 0 Å². The summed E-state index contributed by atoms with van der Waals surface area (Å²) in [6.07, 6.45) is -0.853. The van der Waals surface area contributed by atoms with Gasteiger partial charge in [0.15, 0.2) is 0 Å². The Balaban J connectivity index is 2.93. The highest BCUT2D eigenvalue weighted by Crippen LogP contribution is 2.28. The lowest BCUT2D eigenvalue weighted by atomic mass is 10.1. The lowest BCUT2D eigenvalue weighted by molar-refractivity contribution is 0.0624. The third-order valence-electron chi connectivity index (χ3n) is 2.29. The summed E-state index contributed by atoms with van der Waals surface area (Å²) in [5.41, 5.74) is 0.824. The molecular weight excluding hydrogens is 312 g/mol. The van der Waals surface area contributed by atoms with E-state index in [9.17, 15) is 4.79 Å². The molecule has 0 heterocycles. The Morgan fingerprint density at radius 3 is 2.58 bits per heavy atom. The fourth-order valence-electron chi connectivity index (χ4n) is 1.48. The molecule has 0 radical (unpaired) electrons. The minimum atomic E-state index is -0.549. The number of nitrogens with two attached hydrogens (primary N) is 1. The Morgan fingerprint density at radius 1 is 1.42 bits per heavy atom. The smallest absolute Gasteiger partial charge is 0.412 e. The molecule has 1 rings (SSSR count). The molecule has 0 fully saturated rings. The van der Waals surface area contributed by atoms with Crippen LogP contribution < -0.4 is 11.2 Å². The molecule has 0 saturated carbocycles. The number of rotatable bonds is 3. The Labute approximate surface area is 121 Å². The normalized spacial score (nSPS) is 12.9. The molecular formula is C13H19BrN2O3. The molecule has 0 aliphatic heterocycles. The zero-order valence-electron chi connectivity index (χ0n) is 11.5. The second kappa shape index (κ2) is 6.36. The molecule has 1 amide bonds. The molecule has 5 nitrogen and oxygen atoms in total. The molecule has 0 aromatic heterocycles. The quantitative estimate of drug-likeness (QED) is 0.828. The number of hydrogen-bond acceptors (Lipinski definition) is 4. The van der Waals surface area contributed by atoms with E-state index in [4.69, 9.17) is 15.5 Å². The zero-order chi connectivity index (χ0) is 14.6. The first-order chi connectivity index (χ1) is 8.73. The molecule has 0 aliphatic carbocycles. The number of hydrogen-bond donors (Lipinski definition) is 2. The van der Waals surface area contributed by atoms with Crippen LogP contribution in [-0.2, 0) is 9.57 Å². The Kier molecular flexibility index (Phi) is 5.34. The van der Waals surface area contributed by atoms with Crippen molar-refractivity contribution in [3.8, 4) is 0 Å². The molecule has 106 valence electrons. The Morgan fingerprint density at radius 2 is 2.05 bits per heavy atom. The molecule has 1 unspecified atom stereocenters. The molecule has 6 heteroatoms. The van der Waals surface area contributed by atoms with Crippen LogP contribution in [0.15, 0.2) is 22.7 Å². The maximum absolute atomic E-state index is 11.8. The third kappa shape index (κ3) is 5.18. The molecule has 0 aliphatic rings. The summed E-state index contributed by atoms with van der Waals surface area (Å²) in [6, 6.07) is 5.45. The van der Waals surface area contributed by atoms with Crippen molar-refractivity contribution < 1.29 is 14.4 Å². The van der Waals surface area contributed by atoms with Crippen LogP contribution in [0.1, 0.15) is 39.4 Å². The van der Waals surface area contributed by atoms with E-state index in [2.05, 4.69) is 21.2 Å². The highest BCUT2D eigenvalue weighted by atomic mass is 79.9. The largest absolute Gasteiger partial charge is 0.444 e. The average molecular weight is 331 g/mol. The van der Waals surface area contributed by atoms with Crippen LogP contribution in [0.2, 0.25) is 0 Å². The van der Waals surface area contributed by atoms with E-state index in [0.29, 0.717) is 5.69 Å². The number of amides is 1. The summed E-state index contributed by atoms with van der Waals surface area (Å²) >= 11 is 3.35. The standard InChI is InChI=1S/C13H19BrN2O3/c1-8(19-15)10-6-5-9(14)7-11(10)16-12(17)18-13(2,3)4/h5-8H,15H2,1-4H3,(H,16,17). The SMILES string of the molecule is CC(ON)c1ccc(Br)cc1NC(=O)OC(C)(C)C. The van der Waals surface area contributed by atoms with Crippen molar-refractivity contribution in [3.05, 3.63) is 28.2 Å². The average Bonchev–Trinajstić information content (AvgIpc) is 2.25. The minimum Gasteiger partial charge on any atom is -0.444 e. The summed E-state index contributed by atoms with van der Waals surface area (Å²) in [7, 11) is 0. The van der Waals surface area contributed by atoms with Crippen LogP contribution in [0, 0.1) is 0 Å². The van der Waals surface area contributed by atoms with Crippen molar-refractivity contribution in [2.75, 3.05) is 5.32 Å². The van der Waals surface area contributed by atoms with Gasteiger partial charge in [0.25, 0.3) is 0 Å². The molecule has 3 N–H and O–H groups in total. The van der Waals surface area contributed by atoms with Crippen LogP contribution in [-0.4, -0.2) is 11.7 Å². The number of anilines is 1. The fraction of sp³-hybridized carbons (Fsp3) is 0.462. The van der Waals surface area contributed by atoms with Gasteiger partial charge in [-0.25, -0.2) is 10.7 Å². The van der Waals surface area contributed by atoms with Gasteiger partial charge in [0.05, 0.1) is 5.69 Å². The first kappa shape index (κ1) is 15.9. The van der Waals surface area contributed by atoms with Gasteiger partial charge in [0.1, 0.15) is 11.7 Å². The van der Waals surface area contributed by atoms with E-state index in [0.717, 1.165) is 10.0 Å². The van der Waals surface area contributed by atoms with Crippen LogP contribution in [0.3, 0.4) is 0 Å².